The molecule has 25 heavy (non-hydrogen) atoms. The van der Waals surface area contributed by atoms with Gasteiger partial charge in [-0.05, 0) is 36.6 Å². The molecule has 1 aromatic heterocycles. The standard InChI is InChI=1S/C19H18F2N2O2/c20-19(21)25-17-10-4-3-9-16(17)23-18(24)11-5-6-13-12-22-15-8-2-1-7-14(13)15/h1-4,7-10,12,19,22H,5-6,11H2,(H,23,24). The van der Waals surface area contributed by atoms with Crippen LogP contribution in [0.2, 0.25) is 0 Å². The van der Waals surface area contributed by atoms with Gasteiger partial charge >= 0.3 is 6.61 Å². The monoisotopic (exact) mass is 344 g/mol. The van der Waals surface area contributed by atoms with Crippen LogP contribution >= 0.6 is 0 Å². The Hall–Kier alpha value is -2.89. The third-order valence-corrected chi connectivity index (χ3v) is 3.90. The average Bonchev–Trinajstić information content (AvgIpc) is 3.00. The lowest BCUT2D eigenvalue weighted by molar-refractivity contribution is -0.116. The van der Waals surface area contributed by atoms with Gasteiger partial charge in [0.15, 0.2) is 0 Å². The second kappa shape index (κ2) is 7.79. The first kappa shape index (κ1) is 17.0. The Morgan fingerprint density at radius 3 is 2.72 bits per heavy atom. The topological polar surface area (TPSA) is 54.1 Å². The summed E-state index contributed by atoms with van der Waals surface area (Å²) in [6, 6.07) is 14.2. The zero-order valence-electron chi connectivity index (χ0n) is 13.5. The number of aryl methyl sites for hydroxylation is 1. The Kier molecular flexibility index (Phi) is 5.28. The first-order valence-electron chi connectivity index (χ1n) is 8.02. The third kappa shape index (κ3) is 4.35. The van der Waals surface area contributed by atoms with Gasteiger partial charge in [-0.25, -0.2) is 0 Å². The van der Waals surface area contributed by atoms with Crippen molar-refractivity contribution in [3.63, 3.8) is 0 Å². The molecular weight excluding hydrogens is 326 g/mol. The predicted octanol–water partition coefficient (Wildman–Crippen LogP) is 4.73. The summed E-state index contributed by atoms with van der Waals surface area (Å²) in [5.41, 5.74) is 2.48. The molecular formula is C19H18F2N2O2. The van der Waals surface area contributed by atoms with Crippen molar-refractivity contribution >= 4 is 22.5 Å². The van der Waals surface area contributed by atoms with E-state index in [4.69, 9.17) is 0 Å². The summed E-state index contributed by atoms with van der Waals surface area (Å²) in [5.74, 6) is -0.271. The van der Waals surface area contributed by atoms with Crippen molar-refractivity contribution in [2.24, 2.45) is 0 Å². The molecule has 0 saturated carbocycles. The second-order valence-corrected chi connectivity index (χ2v) is 5.64. The van der Waals surface area contributed by atoms with Gasteiger partial charge in [-0.1, -0.05) is 30.3 Å². The van der Waals surface area contributed by atoms with Crippen LogP contribution in [-0.4, -0.2) is 17.5 Å². The van der Waals surface area contributed by atoms with Gasteiger partial charge < -0.3 is 15.0 Å². The number of fused-ring (bicyclic) bond motifs is 1. The number of aromatic amines is 1. The molecule has 0 spiro atoms. The molecule has 3 rings (SSSR count). The van der Waals surface area contributed by atoms with Crippen molar-refractivity contribution in [1.29, 1.82) is 0 Å². The number of H-pyrrole nitrogens is 1. The summed E-state index contributed by atoms with van der Waals surface area (Å²) >= 11 is 0. The van der Waals surface area contributed by atoms with E-state index in [0.29, 0.717) is 12.8 Å². The van der Waals surface area contributed by atoms with Crippen molar-refractivity contribution in [2.75, 3.05) is 5.32 Å². The lowest BCUT2D eigenvalue weighted by atomic mass is 10.1. The molecule has 2 N–H and O–H groups in total. The normalized spacial score (nSPS) is 11.0. The zero-order chi connectivity index (χ0) is 17.6. The number of aromatic nitrogens is 1. The van der Waals surface area contributed by atoms with Gasteiger partial charge in [0.1, 0.15) is 5.75 Å². The molecule has 0 fully saturated rings. The lowest BCUT2D eigenvalue weighted by Crippen LogP contribution is -2.13. The highest BCUT2D eigenvalue weighted by Crippen LogP contribution is 2.26. The molecule has 4 nitrogen and oxygen atoms in total. The number of amides is 1. The van der Waals surface area contributed by atoms with Crippen LogP contribution in [-0.2, 0) is 11.2 Å². The number of hydrogen-bond acceptors (Lipinski definition) is 2. The third-order valence-electron chi connectivity index (χ3n) is 3.90. The van der Waals surface area contributed by atoms with Gasteiger partial charge in [0.2, 0.25) is 5.91 Å². The summed E-state index contributed by atoms with van der Waals surface area (Å²) in [7, 11) is 0. The lowest BCUT2D eigenvalue weighted by Gasteiger charge is -2.11. The highest BCUT2D eigenvalue weighted by molar-refractivity contribution is 5.92. The molecule has 0 aliphatic heterocycles. The first-order valence-corrected chi connectivity index (χ1v) is 8.02. The molecule has 1 heterocycles. The van der Waals surface area contributed by atoms with Crippen LogP contribution in [0.15, 0.2) is 54.7 Å². The minimum atomic E-state index is -2.93. The van der Waals surface area contributed by atoms with Crippen LogP contribution in [0.25, 0.3) is 10.9 Å². The van der Waals surface area contributed by atoms with Crippen molar-refractivity contribution < 1.29 is 18.3 Å². The maximum Gasteiger partial charge on any atom is 0.387 e. The Balaban J connectivity index is 1.55. The minimum absolute atomic E-state index is 0.0394. The van der Waals surface area contributed by atoms with E-state index < -0.39 is 6.61 Å². The number of nitrogens with one attached hydrogen (secondary N) is 2. The number of alkyl halides is 2. The number of para-hydroxylation sites is 3. The maximum atomic E-state index is 12.4. The van der Waals surface area contributed by atoms with E-state index in [0.717, 1.165) is 22.9 Å². The van der Waals surface area contributed by atoms with Crippen LogP contribution < -0.4 is 10.1 Å². The highest BCUT2D eigenvalue weighted by Gasteiger charge is 2.11. The molecule has 0 saturated heterocycles. The number of benzene rings is 2. The van der Waals surface area contributed by atoms with E-state index >= 15 is 0 Å². The Morgan fingerprint density at radius 2 is 1.88 bits per heavy atom. The molecule has 0 radical (unpaired) electrons. The van der Waals surface area contributed by atoms with Crippen LogP contribution in [0.1, 0.15) is 18.4 Å². The number of hydrogen-bond donors (Lipinski definition) is 2. The van der Waals surface area contributed by atoms with Crippen molar-refractivity contribution in [2.45, 2.75) is 25.9 Å². The number of anilines is 1. The predicted molar refractivity (Wildman–Crippen MR) is 92.9 cm³/mol. The summed E-state index contributed by atoms with van der Waals surface area (Å²) < 4.78 is 29.2. The Morgan fingerprint density at radius 1 is 1.12 bits per heavy atom. The Bertz CT molecular complexity index is 861. The zero-order valence-corrected chi connectivity index (χ0v) is 13.5. The van der Waals surface area contributed by atoms with Crippen LogP contribution in [0, 0.1) is 0 Å². The van der Waals surface area contributed by atoms with E-state index in [1.165, 1.54) is 12.1 Å². The molecule has 0 aliphatic carbocycles. The number of rotatable bonds is 7. The summed E-state index contributed by atoms with van der Waals surface area (Å²) in [6.07, 6.45) is 3.66. The van der Waals surface area contributed by atoms with Crippen molar-refractivity contribution in [3.05, 3.63) is 60.3 Å². The smallest absolute Gasteiger partial charge is 0.387 e. The second-order valence-electron chi connectivity index (χ2n) is 5.64. The fraction of sp³-hybridized carbons (Fsp3) is 0.211. The largest absolute Gasteiger partial charge is 0.433 e. The fourth-order valence-electron chi connectivity index (χ4n) is 2.76. The molecule has 6 heteroatoms. The fourth-order valence-corrected chi connectivity index (χ4v) is 2.76. The highest BCUT2D eigenvalue weighted by atomic mass is 19.3. The van der Waals surface area contributed by atoms with Crippen molar-refractivity contribution in [1.82, 2.24) is 4.98 Å². The van der Waals surface area contributed by atoms with Crippen LogP contribution in [0.5, 0.6) is 5.75 Å². The summed E-state index contributed by atoms with van der Waals surface area (Å²) in [4.78, 5) is 15.3. The Labute approximate surface area is 143 Å². The molecule has 3 aromatic rings. The molecule has 2 aromatic carbocycles. The number of ether oxygens (including phenoxy) is 1. The first-order chi connectivity index (χ1) is 12.1. The maximum absolute atomic E-state index is 12.4. The summed E-state index contributed by atoms with van der Waals surface area (Å²) in [6.45, 7) is -2.93. The molecule has 0 aliphatic rings. The van der Waals surface area contributed by atoms with Gasteiger partial charge in [0, 0.05) is 23.5 Å². The molecule has 0 bridgehead atoms. The number of carbonyl (C=O) groups is 1. The average molecular weight is 344 g/mol. The van der Waals surface area contributed by atoms with Crippen LogP contribution in [0.4, 0.5) is 14.5 Å². The van der Waals surface area contributed by atoms with E-state index in [1.54, 1.807) is 12.1 Å². The molecule has 1 amide bonds. The van der Waals surface area contributed by atoms with Crippen LogP contribution in [0.3, 0.4) is 0 Å². The van der Waals surface area contributed by atoms with Gasteiger partial charge in [-0.3, -0.25) is 4.79 Å². The van der Waals surface area contributed by atoms with Gasteiger partial charge in [-0.2, -0.15) is 8.78 Å². The number of carbonyl (C=O) groups excluding carboxylic acids is 1. The van der Waals surface area contributed by atoms with Gasteiger partial charge in [-0.15, -0.1) is 0 Å². The van der Waals surface area contributed by atoms with E-state index in [2.05, 4.69) is 15.0 Å². The molecule has 130 valence electrons. The van der Waals surface area contributed by atoms with E-state index in [9.17, 15) is 13.6 Å². The van der Waals surface area contributed by atoms with Crippen molar-refractivity contribution in [3.8, 4) is 5.75 Å². The number of halogens is 2. The SMILES string of the molecule is O=C(CCCc1c[nH]c2ccccc12)Nc1ccccc1OC(F)F. The van der Waals surface area contributed by atoms with E-state index in [-0.39, 0.29) is 17.3 Å². The van der Waals surface area contributed by atoms with Gasteiger partial charge in [0.25, 0.3) is 0 Å². The molecule has 0 atom stereocenters. The van der Waals surface area contributed by atoms with E-state index in [1.807, 2.05) is 30.5 Å². The molecule has 0 unspecified atom stereocenters. The minimum Gasteiger partial charge on any atom is -0.433 e. The van der Waals surface area contributed by atoms with Gasteiger partial charge in [0.05, 0.1) is 5.69 Å². The quantitative estimate of drug-likeness (QED) is 0.651. The summed E-state index contributed by atoms with van der Waals surface area (Å²) in [5, 5.41) is 3.78.